The van der Waals surface area contributed by atoms with Crippen LogP contribution in [0.25, 0.3) is 0 Å². The van der Waals surface area contributed by atoms with E-state index in [9.17, 15) is 4.79 Å². The molecule has 1 aromatic rings. The van der Waals surface area contributed by atoms with E-state index in [1.54, 1.807) is 0 Å². The first-order chi connectivity index (χ1) is 6.50. The van der Waals surface area contributed by atoms with Crippen LogP contribution in [0.4, 0.5) is 11.5 Å². The second-order valence-corrected chi connectivity index (χ2v) is 2.95. The predicted molar refractivity (Wildman–Crippen MR) is 52.2 cm³/mol. The lowest BCUT2D eigenvalue weighted by Gasteiger charge is -2.09. The highest BCUT2D eigenvalue weighted by atomic mass is 16.4. The summed E-state index contributed by atoms with van der Waals surface area (Å²) in [6.07, 6.45) is 1.27. The number of carboxylic acid groups (broad SMARTS) is 1. The van der Waals surface area contributed by atoms with Gasteiger partial charge in [0.1, 0.15) is 5.82 Å². The Morgan fingerprint density at radius 2 is 2.21 bits per heavy atom. The van der Waals surface area contributed by atoms with Gasteiger partial charge in [-0.1, -0.05) is 0 Å². The number of pyridine rings is 1. The second-order valence-electron chi connectivity index (χ2n) is 2.95. The van der Waals surface area contributed by atoms with Gasteiger partial charge in [-0.05, 0) is 11.6 Å². The lowest BCUT2D eigenvalue weighted by molar-refractivity contribution is -0.137. The Labute approximate surface area is 80.7 Å². The summed E-state index contributed by atoms with van der Waals surface area (Å²) in [4.78, 5) is 14.2. The number of hydrogen-bond donors (Lipinski definition) is 4. The number of hydrogen-bond acceptors (Lipinski definition) is 5. The Morgan fingerprint density at radius 1 is 1.57 bits per heavy atom. The minimum atomic E-state index is -0.965. The van der Waals surface area contributed by atoms with E-state index in [2.05, 4.69) is 4.98 Å². The zero-order valence-corrected chi connectivity index (χ0v) is 7.47. The minimum absolute atomic E-state index is 0.162. The first-order valence-electron chi connectivity index (χ1n) is 3.99. The monoisotopic (exact) mass is 196 g/mol. The van der Waals surface area contributed by atoms with Gasteiger partial charge in [-0.3, -0.25) is 4.79 Å². The van der Waals surface area contributed by atoms with Gasteiger partial charge in [0, 0.05) is 12.2 Å². The maximum absolute atomic E-state index is 10.4. The number of aliphatic carboxylic acids is 1. The molecule has 1 rings (SSSR count). The van der Waals surface area contributed by atoms with Crippen LogP contribution in [0.15, 0.2) is 12.3 Å². The van der Waals surface area contributed by atoms with Crippen LogP contribution in [-0.4, -0.2) is 16.1 Å². The molecule has 0 saturated heterocycles. The number of nitrogens with two attached hydrogens (primary N) is 3. The smallest absolute Gasteiger partial charge is 0.305 e. The molecule has 0 saturated carbocycles. The van der Waals surface area contributed by atoms with Crippen molar-refractivity contribution in [1.29, 1.82) is 0 Å². The molecule has 0 bridgehead atoms. The number of carbonyl (C=O) groups is 1. The lowest BCUT2D eigenvalue weighted by atomic mass is 10.1. The Kier molecular flexibility index (Phi) is 2.88. The fourth-order valence-electron chi connectivity index (χ4n) is 1.02. The fourth-order valence-corrected chi connectivity index (χ4v) is 1.02. The van der Waals surface area contributed by atoms with Gasteiger partial charge < -0.3 is 22.3 Å². The van der Waals surface area contributed by atoms with Crippen molar-refractivity contribution in [2.24, 2.45) is 5.73 Å². The van der Waals surface area contributed by atoms with Crippen molar-refractivity contribution in [3.63, 3.8) is 0 Å². The third-order valence-electron chi connectivity index (χ3n) is 1.79. The molecule has 14 heavy (non-hydrogen) atoms. The zero-order chi connectivity index (χ0) is 10.7. The van der Waals surface area contributed by atoms with E-state index in [-0.39, 0.29) is 12.2 Å². The van der Waals surface area contributed by atoms with Crippen molar-refractivity contribution in [3.05, 3.63) is 17.8 Å². The molecule has 0 spiro atoms. The standard InChI is InChI=1S/C8H12N4O2/c9-5(2-7(13)14)4-1-6(10)8(11)12-3-4/h1,3,5H,2,9-10H2,(H2,11,12)(H,13,14)/t5-/m0/s1. The van der Waals surface area contributed by atoms with E-state index in [1.807, 2.05) is 0 Å². The SMILES string of the molecule is Nc1cc([C@@H](N)CC(=O)O)cnc1N. The Hall–Kier alpha value is -1.82. The van der Waals surface area contributed by atoms with Crippen LogP contribution in [0.1, 0.15) is 18.0 Å². The lowest BCUT2D eigenvalue weighted by Crippen LogP contribution is -2.15. The molecule has 7 N–H and O–H groups in total. The van der Waals surface area contributed by atoms with Gasteiger partial charge in [-0.2, -0.15) is 0 Å². The van der Waals surface area contributed by atoms with Gasteiger partial charge in [0.15, 0.2) is 0 Å². The molecule has 0 fully saturated rings. The first-order valence-corrected chi connectivity index (χ1v) is 3.99. The largest absolute Gasteiger partial charge is 0.481 e. The summed E-state index contributed by atoms with van der Waals surface area (Å²) in [6, 6.07) is 0.929. The van der Waals surface area contributed by atoms with E-state index >= 15 is 0 Å². The highest BCUT2D eigenvalue weighted by Crippen LogP contribution is 2.18. The summed E-state index contributed by atoms with van der Waals surface area (Å²) < 4.78 is 0. The number of rotatable bonds is 3. The summed E-state index contributed by atoms with van der Waals surface area (Å²) in [5, 5.41) is 8.51. The summed E-state index contributed by atoms with van der Waals surface area (Å²) in [5.74, 6) is -0.746. The molecule has 0 aromatic carbocycles. The molecular formula is C8H12N4O2. The van der Waals surface area contributed by atoms with Crippen molar-refractivity contribution in [1.82, 2.24) is 4.98 Å². The average Bonchev–Trinajstić information content (AvgIpc) is 2.08. The van der Waals surface area contributed by atoms with Crippen LogP contribution in [0.2, 0.25) is 0 Å². The van der Waals surface area contributed by atoms with Crippen molar-refractivity contribution < 1.29 is 9.90 Å². The topological polar surface area (TPSA) is 128 Å². The molecule has 76 valence electrons. The van der Waals surface area contributed by atoms with E-state index in [0.29, 0.717) is 11.3 Å². The molecule has 0 aliphatic heterocycles. The molecule has 6 heteroatoms. The summed E-state index contributed by atoms with van der Waals surface area (Å²) in [6.45, 7) is 0. The number of nitrogen functional groups attached to an aromatic ring is 2. The van der Waals surface area contributed by atoms with Crippen molar-refractivity contribution in [3.8, 4) is 0 Å². The van der Waals surface area contributed by atoms with Crippen molar-refractivity contribution in [2.75, 3.05) is 11.5 Å². The molecule has 1 heterocycles. The average molecular weight is 196 g/mol. The molecule has 0 amide bonds. The van der Waals surface area contributed by atoms with Crippen LogP contribution in [-0.2, 0) is 4.79 Å². The highest BCUT2D eigenvalue weighted by Gasteiger charge is 2.11. The number of aromatic nitrogens is 1. The van der Waals surface area contributed by atoms with Crippen LogP contribution in [0.3, 0.4) is 0 Å². The molecule has 0 aliphatic rings. The van der Waals surface area contributed by atoms with Gasteiger partial charge >= 0.3 is 5.97 Å². The molecule has 1 aromatic heterocycles. The molecule has 6 nitrogen and oxygen atoms in total. The van der Waals surface area contributed by atoms with Gasteiger partial charge in [-0.25, -0.2) is 4.98 Å². The third-order valence-corrected chi connectivity index (χ3v) is 1.79. The molecule has 0 unspecified atom stereocenters. The van der Waals surface area contributed by atoms with Gasteiger partial charge in [0.05, 0.1) is 12.1 Å². The van der Waals surface area contributed by atoms with Gasteiger partial charge in [-0.15, -0.1) is 0 Å². The molecular weight excluding hydrogens is 184 g/mol. The van der Waals surface area contributed by atoms with Crippen LogP contribution < -0.4 is 17.2 Å². The summed E-state index contributed by atoms with van der Waals surface area (Å²) in [5.41, 5.74) is 17.4. The Balaban J connectivity index is 2.85. The summed E-state index contributed by atoms with van der Waals surface area (Å²) >= 11 is 0. The molecule has 1 atom stereocenters. The van der Waals surface area contributed by atoms with E-state index in [1.165, 1.54) is 12.3 Å². The molecule has 0 aliphatic carbocycles. The third kappa shape index (κ3) is 2.33. The number of nitrogens with zero attached hydrogens (tertiary/aromatic N) is 1. The number of anilines is 2. The summed E-state index contributed by atoms with van der Waals surface area (Å²) in [7, 11) is 0. The van der Waals surface area contributed by atoms with Crippen LogP contribution >= 0.6 is 0 Å². The van der Waals surface area contributed by atoms with E-state index in [0.717, 1.165) is 0 Å². The first kappa shape index (κ1) is 10.3. The van der Waals surface area contributed by atoms with E-state index < -0.39 is 12.0 Å². The van der Waals surface area contributed by atoms with Gasteiger partial charge in [0.2, 0.25) is 0 Å². The maximum atomic E-state index is 10.4. The normalized spacial score (nSPS) is 12.4. The van der Waals surface area contributed by atoms with Crippen molar-refractivity contribution >= 4 is 17.5 Å². The minimum Gasteiger partial charge on any atom is -0.481 e. The van der Waals surface area contributed by atoms with Gasteiger partial charge in [0.25, 0.3) is 0 Å². The predicted octanol–water partition coefficient (Wildman–Crippen LogP) is -0.280. The van der Waals surface area contributed by atoms with Crippen LogP contribution in [0.5, 0.6) is 0 Å². The second kappa shape index (κ2) is 3.93. The van der Waals surface area contributed by atoms with Crippen LogP contribution in [0, 0.1) is 0 Å². The highest BCUT2D eigenvalue weighted by molar-refractivity contribution is 5.68. The zero-order valence-electron chi connectivity index (χ0n) is 7.47. The quantitative estimate of drug-likeness (QED) is 0.526. The Bertz CT molecular complexity index is 353. The maximum Gasteiger partial charge on any atom is 0.305 e. The molecule has 0 radical (unpaired) electrons. The number of carboxylic acids is 1. The Morgan fingerprint density at radius 3 is 2.71 bits per heavy atom. The van der Waals surface area contributed by atoms with Crippen molar-refractivity contribution in [2.45, 2.75) is 12.5 Å². The fraction of sp³-hybridized carbons (Fsp3) is 0.250. The van der Waals surface area contributed by atoms with E-state index in [4.69, 9.17) is 22.3 Å².